The standard InChI is InChI=1S/C22H15ClINO5/c1-27-19-11-14(10-17-22(26)30-21(25-17)18-3-2-8-28-18)9-16(24)20(19)29-12-13-4-6-15(23)7-5-13/h2-11H,12H2,1H3/b17-10-. The number of nitrogens with zero attached hydrogens (tertiary/aromatic N) is 1. The van der Waals surface area contributed by atoms with Crippen LogP contribution < -0.4 is 9.47 Å². The zero-order chi connectivity index (χ0) is 21.1. The molecule has 152 valence electrons. The molecule has 2 heterocycles. The minimum atomic E-state index is -0.543. The molecule has 0 unspecified atom stereocenters. The number of esters is 1. The van der Waals surface area contributed by atoms with Gasteiger partial charge in [-0.1, -0.05) is 23.7 Å². The number of hydrogen-bond donors (Lipinski definition) is 0. The highest BCUT2D eigenvalue weighted by atomic mass is 127. The average Bonchev–Trinajstić information content (AvgIpc) is 3.38. The van der Waals surface area contributed by atoms with Crippen molar-refractivity contribution in [2.45, 2.75) is 6.61 Å². The molecule has 0 saturated heterocycles. The van der Waals surface area contributed by atoms with Gasteiger partial charge in [-0.3, -0.25) is 0 Å². The topological polar surface area (TPSA) is 70.3 Å². The number of carbonyl (C=O) groups is 1. The van der Waals surface area contributed by atoms with E-state index < -0.39 is 5.97 Å². The smallest absolute Gasteiger partial charge is 0.363 e. The van der Waals surface area contributed by atoms with Crippen LogP contribution in [0, 0.1) is 3.57 Å². The summed E-state index contributed by atoms with van der Waals surface area (Å²) in [5.74, 6) is 1.15. The van der Waals surface area contributed by atoms with Crippen LogP contribution in [0.15, 0.2) is 69.9 Å². The molecule has 3 aromatic rings. The Balaban J connectivity index is 1.58. The summed E-state index contributed by atoms with van der Waals surface area (Å²) in [7, 11) is 1.56. The predicted molar refractivity (Wildman–Crippen MR) is 121 cm³/mol. The van der Waals surface area contributed by atoms with Crippen LogP contribution >= 0.6 is 34.2 Å². The minimum Gasteiger partial charge on any atom is -0.493 e. The van der Waals surface area contributed by atoms with Crippen LogP contribution in [-0.2, 0) is 16.1 Å². The van der Waals surface area contributed by atoms with Crippen LogP contribution in [0.1, 0.15) is 16.9 Å². The number of benzene rings is 2. The van der Waals surface area contributed by atoms with Crippen LogP contribution in [0.3, 0.4) is 0 Å². The summed E-state index contributed by atoms with van der Waals surface area (Å²) in [4.78, 5) is 16.4. The number of ether oxygens (including phenoxy) is 3. The van der Waals surface area contributed by atoms with Crippen molar-refractivity contribution in [3.63, 3.8) is 0 Å². The number of rotatable bonds is 6. The van der Waals surface area contributed by atoms with Crippen LogP contribution in [0.4, 0.5) is 0 Å². The van der Waals surface area contributed by atoms with E-state index in [4.69, 9.17) is 30.2 Å². The molecule has 0 atom stereocenters. The van der Waals surface area contributed by atoms with E-state index in [-0.39, 0.29) is 11.6 Å². The minimum absolute atomic E-state index is 0.140. The Labute approximate surface area is 191 Å². The van der Waals surface area contributed by atoms with Crippen molar-refractivity contribution in [1.82, 2.24) is 0 Å². The molecule has 1 aromatic heterocycles. The van der Waals surface area contributed by atoms with Gasteiger partial charge >= 0.3 is 5.97 Å². The van der Waals surface area contributed by atoms with E-state index in [9.17, 15) is 4.79 Å². The molecule has 0 fully saturated rings. The fourth-order valence-electron chi connectivity index (χ4n) is 2.77. The van der Waals surface area contributed by atoms with Gasteiger partial charge in [0.15, 0.2) is 23.0 Å². The van der Waals surface area contributed by atoms with Gasteiger partial charge in [-0.15, -0.1) is 0 Å². The van der Waals surface area contributed by atoms with Crippen molar-refractivity contribution in [3.05, 3.63) is 86.0 Å². The molecule has 0 amide bonds. The maximum absolute atomic E-state index is 12.2. The molecule has 0 radical (unpaired) electrons. The van der Waals surface area contributed by atoms with E-state index >= 15 is 0 Å². The summed E-state index contributed by atoms with van der Waals surface area (Å²) in [5.41, 5.74) is 1.89. The van der Waals surface area contributed by atoms with Crippen molar-refractivity contribution < 1.29 is 23.4 Å². The molecule has 2 aromatic carbocycles. The van der Waals surface area contributed by atoms with Crippen molar-refractivity contribution >= 4 is 52.1 Å². The third-order valence-corrected chi connectivity index (χ3v) is 5.26. The lowest BCUT2D eigenvalue weighted by atomic mass is 10.1. The van der Waals surface area contributed by atoms with E-state index in [1.807, 2.05) is 30.3 Å². The number of furan rings is 1. The first kappa shape index (κ1) is 20.5. The van der Waals surface area contributed by atoms with Gasteiger partial charge in [-0.05, 0) is 76.2 Å². The van der Waals surface area contributed by atoms with Crippen molar-refractivity contribution in [2.75, 3.05) is 7.11 Å². The lowest BCUT2D eigenvalue weighted by Crippen LogP contribution is -2.04. The molecule has 8 heteroatoms. The first-order valence-electron chi connectivity index (χ1n) is 8.84. The fourth-order valence-corrected chi connectivity index (χ4v) is 3.68. The normalized spacial score (nSPS) is 14.6. The molecular formula is C22H15ClINO5. The number of hydrogen-bond acceptors (Lipinski definition) is 6. The summed E-state index contributed by atoms with van der Waals surface area (Å²) in [6.45, 7) is 0.368. The SMILES string of the molecule is COc1cc(/C=C2\N=C(c3ccco3)OC2=O)cc(I)c1OCc1ccc(Cl)cc1. The van der Waals surface area contributed by atoms with Gasteiger partial charge in [-0.2, -0.15) is 0 Å². The van der Waals surface area contributed by atoms with Crippen LogP contribution in [0.25, 0.3) is 6.08 Å². The summed E-state index contributed by atoms with van der Waals surface area (Å²) >= 11 is 8.09. The second-order valence-corrected chi connectivity index (χ2v) is 7.86. The van der Waals surface area contributed by atoms with Gasteiger partial charge in [0.1, 0.15) is 6.61 Å². The molecule has 30 heavy (non-hydrogen) atoms. The molecule has 0 bridgehead atoms. The summed E-state index contributed by atoms with van der Waals surface area (Å²) in [5, 5.41) is 0.673. The predicted octanol–water partition coefficient (Wildman–Crippen LogP) is 5.47. The first-order chi connectivity index (χ1) is 14.5. The quantitative estimate of drug-likeness (QED) is 0.238. The van der Waals surface area contributed by atoms with Gasteiger partial charge < -0.3 is 18.6 Å². The number of aliphatic imine (C=N–C) groups is 1. The zero-order valence-electron chi connectivity index (χ0n) is 15.7. The molecule has 1 aliphatic rings. The summed E-state index contributed by atoms with van der Waals surface area (Å²) < 4.78 is 22.7. The Morgan fingerprint density at radius 1 is 1.20 bits per heavy atom. The third kappa shape index (κ3) is 4.52. The summed E-state index contributed by atoms with van der Waals surface area (Å²) in [6.07, 6.45) is 3.12. The Kier molecular flexibility index (Phi) is 6.10. The maximum atomic E-state index is 12.2. The first-order valence-corrected chi connectivity index (χ1v) is 10.3. The van der Waals surface area contributed by atoms with Gasteiger partial charge in [0.05, 0.1) is 16.9 Å². The maximum Gasteiger partial charge on any atom is 0.363 e. The van der Waals surface area contributed by atoms with Crippen LogP contribution in [-0.4, -0.2) is 19.0 Å². The van der Waals surface area contributed by atoms with Gasteiger partial charge in [-0.25, -0.2) is 9.79 Å². The van der Waals surface area contributed by atoms with Gasteiger partial charge in [0.2, 0.25) is 0 Å². The Morgan fingerprint density at radius 2 is 2.00 bits per heavy atom. The molecule has 6 nitrogen and oxygen atoms in total. The van der Waals surface area contributed by atoms with Crippen molar-refractivity contribution in [1.29, 1.82) is 0 Å². The lowest BCUT2D eigenvalue weighted by molar-refractivity contribution is -0.130. The highest BCUT2D eigenvalue weighted by Gasteiger charge is 2.26. The van der Waals surface area contributed by atoms with Crippen molar-refractivity contribution in [3.8, 4) is 11.5 Å². The molecular weight excluding hydrogens is 521 g/mol. The summed E-state index contributed by atoms with van der Waals surface area (Å²) in [6, 6.07) is 14.5. The van der Waals surface area contributed by atoms with E-state index in [1.165, 1.54) is 6.26 Å². The monoisotopic (exact) mass is 535 g/mol. The van der Waals surface area contributed by atoms with Gasteiger partial charge in [0, 0.05) is 5.02 Å². The average molecular weight is 536 g/mol. The van der Waals surface area contributed by atoms with Crippen LogP contribution in [0.2, 0.25) is 5.02 Å². The van der Waals surface area contributed by atoms with E-state index in [2.05, 4.69) is 27.6 Å². The fraction of sp³-hybridized carbons (Fsp3) is 0.0909. The van der Waals surface area contributed by atoms with Gasteiger partial charge in [0.25, 0.3) is 5.90 Å². The number of halogens is 2. The second-order valence-electron chi connectivity index (χ2n) is 6.26. The Bertz CT molecular complexity index is 1140. The third-order valence-electron chi connectivity index (χ3n) is 4.20. The second kappa shape index (κ2) is 8.93. The largest absolute Gasteiger partial charge is 0.493 e. The highest BCUT2D eigenvalue weighted by molar-refractivity contribution is 14.1. The molecule has 4 rings (SSSR count). The van der Waals surface area contributed by atoms with Crippen molar-refractivity contribution in [2.24, 2.45) is 4.99 Å². The zero-order valence-corrected chi connectivity index (χ0v) is 18.6. The number of carbonyl (C=O) groups excluding carboxylic acids is 1. The Hall–Kier alpha value is -2.78. The Morgan fingerprint density at radius 3 is 2.70 bits per heavy atom. The molecule has 0 N–H and O–H groups in total. The number of methoxy groups -OCH3 is 1. The molecule has 0 saturated carbocycles. The van der Waals surface area contributed by atoms with E-state index in [0.717, 1.165) is 14.7 Å². The van der Waals surface area contributed by atoms with E-state index in [1.54, 1.807) is 31.4 Å². The molecule has 0 aliphatic carbocycles. The highest BCUT2D eigenvalue weighted by Crippen LogP contribution is 2.35. The molecule has 1 aliphatic heterocycles. The van der Waals surface area contributed by atoms with E-state index in [0.29, 0.717) is 28.9 Å². The van der Waals surface area contributed by atoms with Crippen LogP contribution in [0.5, 0.6) is 11.5 Å². The lowest BCUT2D eigenvalue weighted by Gasteiger charge is -2.14. The number of cyclic esters (lactones) is 1. The molecule has 0 spiro atoms.